The van der Waals surface area contributed by atoms with Gasteiger partial charge in [0.25, 0.3) is 0 Å². The standard InChI is InChI=1S/C10H12OS/c1-3-5-9(11)10-7-6-8(4-2)12-10/h1,6-7,9,11H,4-5H2,2H3. The normalized spacial score (nSPS) is 12.4. The lowest BCUT2D eigenvalue weighted by Gasteiger charge is -2.01. The van der Waals surface area contributed by atoms with E-state index in [9.17, 15) is 5.11 Å². The zero-order valence-corrected chi connectivity index (χ0v) is 7.90. The maximum Gasteiger partial charge on any atom is 0.0990 e. The molecular weight excluding hydrogens is 168 g/mol. The molecule has 0 aliphatic carbocycles. The van der Waals surface area contributed by atoms with Crippen LogP contribution in [0.2, 0.25) is 0 Å². The lowest BCUT2D eigenvalue weighted by atomic mass is 10.2. The summed E-state index contributed by atoms with van der Waals surface area (Å²) in [6, 6.07) is 3.99. The van der Waals surface area contributed by atoms with Gasteiger partial charge >= 0.3 is 0 Å². The van der Waals surface area contributed by atoms with Crippen LogP contribution < -0.4 is 0 Å². The van der Waals surface area contributed by atoms with Crippen molar-refractivity contribution in [2.45, 2.75) is 25.9 Å². The van der Waals surface area contributed by atoms with Crippen molar-refractivity contribution in [1.29, 1.82) is 0 Å². The summed E-state index contributed by atoms with van der Waals surface area (Å²) >= 11 is 1.64. The summed E-state index contributed by atoms with van der Waals surface area (Å²) in [4.78, 5) is 2.27. The molecule has 1 N–H and O–H groups in total. The van der Waals surface area contributed by atoms with E-state index in [-0.39, 0.29) is 0 Å². The maximum absolute atomic E-state index is 9.50. The Kier molecular flexibility index (Phi) is 3.33. The highest BCUT2D eigenvalue weighted by atomic mass is 32.1. The molecule has 2 heteroatoms. The first kappa shape index (κ1) is 9.31. The zero-order chi connectivity index (χ0) is 8.97. The van der Waals surface area contributed by atoms with E-state index in [1.54, 1.807) is 11.3 Å². The van der Waals surface area contributed by atoms with Gasteiger partial charge < -0.3 is 5.11 Å². The number of rotatable bonds is 3. The topological polar surface area (TPSA) is 20.2 Å². The van der Waals surface area contributed by atoms with Gasteiger partial charge in [0.15, 0.2) is 0 Å². The van der Waals surface area contributed by atoms with Crippen LogP contribution >= 0.6 is 11.3 Å². The SMILES string of the molecule is C#CCC(O)c1ccc(CC)s1. The lowest BCUT2D eigenvalue weighted by Crippen LogP contribution is -1.90. The van der Waals surface area contributed by atoms with Crippen LogP contribution in [0, 0.1) is 12.3 Å². The molecule has 0 spiro atoms. The van der Waals surface area contributed by atoms with Gasteiger partial charge in [-0.05, 0) is 18.6 Å². The van der Waals surface area contributed by atoms with Gasteiger partial charge in [0.2, 0.25) is 0 Å². The Bertz CT molecular complexity index is 282. The van der Waals surface area contributed by atoms with Gasteiger partial charge in [0.1, 0.15) is 0 Å². The smallest absolute Gasteiger partial charge is 0.0990 e. The minimum Gasteiger partial charge on any atom is -0.387 e. The van der Waals surface area contributed by atoms with Crippen molar-refractivity contribution in [3.8, 4) is 12.3 Å². The first-order valence-corrected chi connectivity index (χ1v) is 4.79. The monoisotopic (exact) mass is 180 g/mol. The van der Waals surface area contributed by atoms with Crippen molar-refractivity contribution < 1.29 is 5.11 Å². The largest absolute Gasteiger partial charge is 0.387 e. The Morgan fingerprint density at radius 2 is 2.42 bits per heavy atom. The van der Waals surface area contributed by atoms with Crippen LogP contribution in [0.15, 0.2) is 12.1 Å². The lowest BCUT2D eigenvalue weighted by molar-refractivity contribution is 0.188. The number of aliphatic hydroxyl groups is 1. The average Bonchev–Trinajstić information content (AvgIpc) is 2.52. The van der Waals surface area contributed by atoms with E-state index in [0.717, 1.165) is 11.3 Å². The predicted molar refractivity (Wildman–Crippen MR) is 52.1 cm³/mol. The molecule has 1 aromatic heterocycles. The van der Waals surface area contributed by atoms with Crippen molar-refractivity contribution in [2.24, 2.45) is 0 Å². The molecule has 0 aromatic carbocycles. The van der Waals surface area contributed by atoms with Crippen LogP contribution in [0.1, 0.15) is 29.2 Å². The van der Waals surface area contributed by atoms with E-state index >= 15 is 0 Å². The molecule has 64 valence electrons. The highest BCUT2D eigenvalue weighted by Gasteiger charge is 2.07. The van der Waals surface area contributed by atoms with E-state index in [2.05, 4.69) is 12.8 Å². The van der Waals surface area contributed by atoms with Crippen molar-refractivity contribution >= 4 is 11.3 Å². The van der Waals surface area contributed by atoms with Crippen molar-refractivity contribution in [1.82, 2.24) is 0 Å². The third kappa shape index (κ3) is 2.10. The summed E-state index contributed by atoms with van der Waals surface area (Å²) in [6.07, 6.45) is 6.06. The number of terminal acetylenes is 1. The minimum atomic E-state index is -0.472. The quantitative estimate of drug-likeness (QED) is 0.708. The molecule has 1 rings (SSSR count). The van der Waals surface area contributed by atoms with Crippen LogP contribution in [-0.4, -0.2) is 5.11 Å². The van der Waals surface area contributed by atoms with Gasteiger partial charge in [-0.1, -0.05) is 6.92 Å². The molecule has 0 saturated heterocycles. The number of hydrogen-bond acceptors (Lipinski definition) is 2. The third-order valence-electron chi connectivity index (χ3n) is 1.67. The van der Waals surface area contributed by atoms with Gasteiger partial charge in [-0.15, -0.1) is 23.7 Å². The molecule has 0 radical (unpaired) electrons. The zero-order valence-electron chi connectivity index (χ0n) is 7.08. The molecule has 0 aliphatic heterocycles. The number of aryl methyl sites for hydroxylation is 1. The summed E-state index contributed by atoms with van der Waals surface area (Å²) in [6.45, 7) is 2.10. The summed E-state index contributed by atoms with van der Waals surface area (Å²) in [5.41, 5.74) is 0. The summed E-state index contributed by atoms with van der Waals surface area (Å²) in [7, 11) is 0. The molecule has 1 heterocycles. The molecule has 0 bridgehead atoms. The molecule has 0 fully saturated rings. The number of thiophene rings is 1. The van der Waals surface area contributed by atoms with Gasteiger partial charge in [-0.3, -0.25) is 0 Å². The highest BCUT2D eigenvalue weighted by Crippen LogP contribution is 2.25. The second kappa shape index (κ2) is 4.30. The molecule has 1 nitrogen and oxygen atoms in total. The van der Waals surface area contributed by atoms with E-state index in [1.807, 2.05) is 12.1 Å². The van der Waals surface area contributed by atoms with Crippen LogP contribution in [0.25, 0.3) is 0 Å². The van der Waals surface area contributed by atoms with Crippen molar-refractivity contribution in [3.05, 3.63) is 21.9 Å². The summed E-state index contributed by atoms with van der Waals surface area (Å²) in [5, 5.41) is 9.50. The summed E-state index contributed by atoms with van der Waals surface area (Å²) < 4.78 is 0. The predicted octanol–water partition coefficient (Wildman–Crippen LogP) is 2.37. The fraction of sp³-hybridized carbons (Fsp3) is 0.400. The van der Waals surface area contributed by atoms with E-state index in [0.29, 0.717) is 6.42 Å². The fourth-order valence-corrected chi connectivity index (χ4v) is 1.91. The Morgan fingerprint density at radius 3 is 2.92 bits per heavy atom. The van der Waals surface area contributed by atoms with Gasteiger partial charge in [-0.25, -0.2) is 0 Å². The average molecular weight is 180 g/mol. The molecule has 0 saturated carbocycles. The fourth-order valence-electron chi connectivity index (χ4n) is 0.976. The van der Waals surface area contributed by atoms with Gasteiger partial charge in [0, 0.05) is 16.2 Å². The van der Waals surface area contributed by atoms with Crippen LogP contribution in [0.5, 0.6) is 0 Å². The van der Waals surface area contributed by atoms with Crippen LogP contribution in [-0.2, 0) is 6.42 Å². The van der Waals surface area contributed by atoms with E-state index in [4.69, 9.17) is 6.42 Å². The summed E-state index contributed by atoms with van der Waals surface area (Å²) in [5.74, 6) is 2.45. The Morgan fingerprint density at radius 1 is 1.67 bits per heavy atom. The van der Waals surface area contributed by atoms with Crippen molar-refractivity contribution in [2.75, 3.05) is 0 Å². The van der Waals surface area contributed by atoms with Gasteiger partial charge in [-0.2, -0.15) is 0 Å². The third-order valence-corrected chi connectivity index (χ3v) is 3.00. The van der Waals surface area contributed by atoms with Crippen LogP contribution in [0.3, 0.4) is 0 Å². The van der Waals surface area contributed by atoms with E-state index in [1.165, 1.54) is 4.88 Å². The molecule has 0 aliphatic rings. The van der Waals surface area contributed by atoms with Crippen LogP contribution in [0.4, 0.5) is 0 Å². The molecule has 12 heavy (non-hydrogen) atoms. The molecule has 0 amide bonds. The molecule has 1 aromatic rings. The number of aliphatic hydroxyl groups excluding tert-OH is 1. The minimum absolute atomic E-state index is 0.406. The highest BCUT2D eigenvalue weighted by molar-refractivity contribution is 7.12. The molecule has 1 atom stereocenters. The van der Waals surface area contributed by atoms with Gasteiger partial charge in [0.05, 0.1) is 6.10 Å². The molecule has 1 unspecified atom stereocenters. The van der Waals surface area contributed by atoms with Crippen molar-refractivity contribution in [3.63, 3.8) is 0 Å². The Balaban J connectivity index is 2.69. The number of hydrogen-bond donors (Lipinski definition) is 1. The second-order valence-corrected chi connectivity index (χ2v) is 3.78. The second-order valence-electron chi connectivity index (χ2n) is 2.58. The Hall–Kier alpha value is -0.780. The maximum atomic E-state index is 9.50. The first-order chi connectivity index (χ1) is 5.77. The Labute approximate surface area is 77.1 Å². The van der Waals surface area contributed by atoms with E-state index < -0.39 is 6.10 Å². The molecular formula is C10H12OS. The first-order valence-electron chi connectivity index (χ1n) is 3.98.